The van der Waals surface area contributed by atoms with Gasteiger partial charge in [-0.3, -0.25) is 4.90 Å². The fourth-order valence-corrected chi connectivity index (χ4v) is 3.47. The second-order valence-corrected chi connectivity index (χ2v) is 6.46. The lowest BCUT2D eigenvalue weighted by Crippen LogP contribution is -2.54. The number of amides is 2. The maximum absolute atomic E-state index is 13.2. The van der Waals surface area contributed by atoms with Crippen LogP contribution in [0, 0.1) is 11.3 Å². The van der Waals surface area contributed by atoms with Gasteiger partial charge in [-0.15, -0.1) is 0 Å². The average molecular weight is 348 g/mol. The monoisotopic (exact) mass is 348 g/mol. The van der Waals surface area contributed by atoms with Crippen molar-refractivity contribution in [1.29, 1.82) is 5.26 Å². The van der Waals surface area contributed by atoms with E-state index >= 15 is 0 Å². The van der Waals surface area contributed by atoms with Gasteiger partial charge in [0.25, 0.3) is 0 Å². The molecule has 1 saturated heterocycles. The van der Waals surface area contributed by atoms with E-state index in [0.717, 1.165) is 37.3 Å². The van der Waals surface area contributed by atoms with Gasteiger partial charge in [-0.05, 0) is 30.9 Å². The Kier molecular flexibility index (Phi) is 4.32. The summed E-state index contributed by atoms with van der Waals surface area (Å²) < 4.78 is 0. The predicted octanol–water partition coefficient (Wildman–Crippen LogP) is 2.81. The molecule has 0 radical (unpaired) electrons. The first-order valence-corrected chi connectivity index (χ1v) is 8.81. The fourth-order valence-electron chi connectivity index (χ4n) is 3.47. The van der Waals surface area contributed by atoms with Crippen molar-refractivity contribution >= 4 is 12.4 Å². The number of nitrogens with zero attached hydrogens (tertiary/aromatic N) is 6. The van der Waals surface area contributed by atoms with Gasteiger partial charge < -0.3 is 4.90 Å². The molecule has 0 unspecified atom stereocenters. The molecule has 7 nitrogen and oxygen atoms in total. The van der Waals surface area contributed by atoms with Gasteiger partial charge in [-0.2, -0.15) is 5.26 Å². The molecule has 26 heavy (non-hydrogen) atoms. The molecular weight excluding hydrogens is 328 g/mol. The van der Waals surface area contributed by atoms with E-state index in [1.54, 1.807) is 34.7 Å². The van der Waals surface area contributed by atoms with Crippen molar-refractivity contribution in [3.63, 3.8) is 0 Å². The first-order chi connectivity index (χ1) is 12.8. The van der Waals surface area contributed by atoms with Crippen molar-refractivity contribution in [1.82, 2.24) is 19.8 Å². The van der Waals surface area contributed by atoms with Crippen LogP contribution in [-0.4, -0.2) is 45.3 Å². The number of carbonyl (C=O) groups is 1. The standard InChI is InChI=1S/C19H20N6O/c20-12-16-6-2-3-7-17(16)13-24-18(22-9-4-1-5-10-22)14-23-15-21-8-11-25(23)19(24)26/h2-3,6-8,11,14-15H,1,4-5,9-10,13H2. The molecule has 1 fully saturated rings. The van der Waals surface area contributed by atoms with Crippen molar-refractivity contribution in [2.24, 2.45) is 4.99 Å². The molecule has 0 atom stereocenters. The molecule has 0 N–H and O–H groups in total. The molecule has 4 rings (SSSR count). The Labute approximate surface area is 152 Å². The van der Waals surface area contributed by atoms with E-state index in [-0.39, 0.29) is 6.03 Å². The fraction of sp³-hybridized carbons (Fsp3) is 0.316. The molecule has 0 spiro atoms. The van der Waals surface area contributed by atoms with Crippen LogP contribution < -0.4 is 0 Å². The number of piperidine rings is 1. The Morgan fingerprint density at radius 2 is 1.96 bits per heavy atom. The molecule has 2 amide bonds. The van der Waals surface area contributed by atoms with Gasteiger partial charge in [0.2, 0.25) is 0 Å². The molecule has 132 valence electrons. The molecule has 0 aromatic heterocycles. The molecule has 1 aromatic rings. The Morgan fingerprint density at radius 1 is 1.15 bits per heavy atom. The zero-order valence-electron chi connectivity index (χ0n) is 14.5. The van der Waals surface area contributed by atoms with Crippen molar-refractivity contribution in [2.75, 3.05) is 13.1 Å². The maximum Gasteiger partial charge on any atom is 0.349 e. The SMILES string of the molecule is N#Cc1ccccc1CN1C(=O)N2C=CN=CN2C=C1N1CCCCC1. The van der Waals surface area contributed by atoms with Crippen molar-refractivity contribution in [3.8, 4) is 6.07 Å². The molecule has 0 aliphatic carbocycles. The van der Waals surface area contributed by atoms with Crippen LogP contribution in [0.2, 0.25) is 0 Å². The van der Waals surface area contributed by atoms with Gasteiger partial charge in [0, 0.05) is 19.3 Å². The van der Waals surface area contributed by atoms with Gasteiger partial charge in [-0.1, -0.05) is 18.2 Å². The highest BCUT2D eigenvalue weighted by molar-refractivity contribution is 5.81. The predicted molar refractivity (Wildman–Crippen MR) is 96.9 cm³/mol. The zero-order valence-corrected chi connectivity index (χ0v) is 14.5. The van der Waals surface area contributed by atoms with Crippen LogP contribution in [0.4, 0.5) is 4.79 Å². The summed E-state index contributed by atoms with van der Waals surface area (Å²) in [6, 6.07) is 9.50. The van der Waals surface area contributed by atoms with Crippen LogP contribution in [0.1, 0.15) is 30.4 Å². The third kappa shape index (κ3) is 2.90. The number of hydrogen-bond acceptors (Lipinski definition) is 5. The van der Waals surface area contributed by atoms with Crippen LogP contribution in [0.15, 0.2) is 53.7 Å². The number of urea groups is 1. The molecule has 7 heteroatoms. The molecule has 3 aliphatic rings. The highest BCUT2D eigenvalue weighted by atomic mass is 16.2. The van der Waals surface area contributed by atoms with Gasteiger partial charge in [0.05, 0.1) is 30.6 Å². The van der Waals surface area contributed by atoms with Gasteiger partial charge >= 0.3 is 6.03 Å². The van der Waals surface area contributed by atoms with Gasteiger partial charge in [-0.25, -0.2) is 19.8 Å². The number of nitriles is 1. The lowest BCUT2D eigenvalue weighted by molar-refractivity contribution is 0.0835. The second-order valence-electron chi connectivity index (χ2n) is 6.46. The number of hydrogen-bond donors (Lipinski definition) is 0. The molecular formula is C19H20N6O. The van der Waals surface area contributed by atoms with E-state index in [1.165, 1.54) is 11.4 Å². The summed E-state index contributed by atoms with van der Waals surface area (Å²) in [6.07, 6.45) is 10.3. The summed E-state index contributed by atoms with van der Waals surface area (Å²) in [4.78, 5) is 21.3. The smallest absolute Gasteiger partial charge is 0.349 e. The third-order valence-electron chi connectivity index (χ3n) is 4.83. The quantitative estimate of drug-likeness (QED) is 0.842. The normalized spacial score (nSPS) is 19.3. The minimum atomic E-state index is -0.150. The van der Waals surface area contributed by atoms with E-state index < -0.39 is 0 Å². The maximum atomic E-state index is 13.2. The third-order valence-corrected chi connectivity index (χ3v) is 4.83. The van der Waals surface area contributed by atoms with Gasteiger partial charge in [0.15, 0.2) is 0 Å². The van der Waals surface area contributed by atoms with Crippen LogP contribution in [-0.2, 0) is 6.54 Å². The van der Waals surface area contributed by atoms with Crippen LogP contribution in [0.5, 0.6) is 0 Å². The minimum absolute atomic E-state index is 0.150. The molecule has 0 saturated carbocycles. The second kappa shape index (κ2) is 6.92. The van der Waals surface area contributed by atoms with E-state index in [1.807, 2.05) is 24.4 Å². The summed E-state index contributed by atoms with van der Waals surface area (Å²) in [5.41, 5.74) is 1.44. The first-order valence-electron chi connectivity index (χ1n) is 8.81. The number of likely N-dealkylation sites (tertiary alicyclic amines) is 1. The van der Waals surface area contributed by atoms with E-state index in [0.29, 0.717) is 12.1 Å². The van der Waals surface area contributed by atoms with Crippen LogP contribution >= 0.6 is 0 Å². The largest absolute Gasteiger partial charge is 0.357 e. The lowest BCUT2D eigenvalue weighted by atomic mass is 10.1. The van der Waals surface area contributed by atoms with E-state index in [4.69, 9.17) is 0 Å². The summed E-state index contributed by atoms with van der Waals surface area (Å²) in [6.45, 7) is 2.22. The molecule has 0 bridgehead atoms. The lowest BCUT2D eigenvalue weighted by Gasteiger charge is -2.44. The summed E-state index contributed by atoms with van der Waals surface area (Å²) in [7, 11) is 0. The number of rotatable bonds is 3. The number of fused-ring (bicyclic) bond motifs is 1. The molecule has 3 heterocycles. The summed E-state index contributed by atoms with van der Waals surface area (Å²) in [5, 5.41) is 12.6. The van der Waals surface area contributed by atoms with Gasteiger partial charge in [0.1, 0.15) is 12.2 Å². The Morgan fingerprint density at radius 3 is 2.77 bits per heavy atom. The minimum Gasteiger partial charge on any atom is -0.357 e. The average Bonchev–Trinajstić information content (AvgIpc) is 2.71. The number of hydrazine groups is 1. The Balaban J connectivity index is 1.71. The van der Waals surface area contributed by atoms with Crippen molar-refractivity contribution in [3.05, 3.63) is 59.8 Å². The Hall–Kier alpha value is -3.27. The van der Waals surface area contributed by atoms with E-state index in [9.17, 15) is 10.1 Å². The molecule has 3 aliphatic heterocycles. The van der Waals surface area contributed by atoms with Crippen molar-refractivity contribution in [2.45, 2.75) is 25.8 Å². The van der Waals surface area contributed by atoms with Crippen LogP contribution in [0.25, 0.3) is 0 Å². The first kappa shape index (κ1) is 16.2. The number of aliphatic imine (C=N–C) groups is 1. The number of benzene rings is 1. The zero-order chi connectivity index (χ0) is 17.9. The highest BCUT2D eigenvalue weighted by Crippen LogP contribution is 2.27. The Bertz CT molecular complexity index is 831. The summed E-state index contributed by atoms with van der Waals surface area (Å²) >= 11 is 0. The topological polar surface area (TPSA) is 66.2 Å². The van der Waals surface area contributed by atoms with Crippen LogP contribution in [0.3, 0.4) is 0 Å². The summed E-state index contributed by atoms with van der Waals surface area (Å²) in [5.74, 6) is 0.862. The molecule has 1 aromatic carbocycles. The number of carbonyl (C=O) groups excluding carboxylic acids is 1. The van der Waals surface area contributed by atoms with Crippen molar-refractivity contribution < 1.29 is 4.79 Å². The van der Waals surface area contributed by atoms with E-state index in [2.05, 4.69) is 16.0 Å². The highest BCUT2D eigenvalue weighted by Gasteiger charge is 2.35.